The molecule has 0 aliphatic carbocycles. The quantitative estimate of drug-likeness (QED) is 0.669. The molecule has 0 aromatic carbocycles. The number of nitrogens with one attached hydrogen (secondary N) is 1. The first-order chi connectivity index (χ1) is 9.54. The van der Waals surface area contributed by atoms with E-state index in [0.717, 1.165) is 37.4 Å². The molecule has 5 heteroatoms. The highest BCUT2D eigenvalue weighted by molar-refractivity contribution is 5.46. The van der Waals surface area contributed by atoms with Crippen molar-refractivity contribution in [3.63, 3.8) is 0 Å². The Bertz CT molecular complexity index is 397. The van der Waals surface area contributed by atoms with Crippen molar-refractivity contribution in [3.05, 3.63) is 23.4 Å². The van der Waals surface area contributed by atoms with Crippen molar-refractivity contribution in [3.8, 4) is 0 Å². The van der Waals surface area contributed by atoms with Gasteiger partial charge in [-0.2, -0.15) is 0 Å². The van der Waals surface area contributed by atoms with Crippen LogP contribution in [0.4, 0.5) is 5.82 Å². The Morgan fingerprint density at radius 2 is 2.25 bits per heavy atom. The van der Waals surface area contributed by atoms with Crippen LogP contribution in [-0.4, -0.2) is 50.0 Å². The lowest BCUT2D eigenvalue weighted by Crippen LogP contribution is -2.24. The topological polar surface area (TPSA) is 57.6 Å². The Morgan fingerprint density at radius 1 is 1.50 bits per heavy atom. The minimum absolute atomic E-state index is 0.276. The molecule has 1 aromatic rings. The van der Waals surface area contributed by atoms with Gasteiger partial charge in [0.25, 0.3) is 0 Å². The zero-order chi connectivity index (χ0) is 15.0. The average molecular weight is 281 g/mol. The molecule has 2 N–H and O–H groups in total. The van der Waals surface area contributed by atoms with Crippen LogP contribution < -0.4 is 10.2 Å². The number of aryl methyl sites for hydroxylation is 1. The number of aliphatic hydroxyl groups is 1. The Balaban J connectivity index is 2.54. The van der Waals surface area contributed by atoms with Gasteiger partial charge in [0, 0.05) is 40.0 Å². The molecule has 1 heterocycles. The summed E-state index contributed by atoms with van der Waals surface area (Å²) >= 11 is 0. The number of aliphatic hydroxyl groups excluding tert-OH is 1. The number of nitrogens with zero attached hydrogens (tertiary/aromatic N) is 2. The van der Waals surface area contributed by atoms with E-state index in [0.29, 0.717) is 6.61 Å². The predicted molar refractivity (Wildman–Crippen MR) is 82.1 cm³/mol. The van der Waals surface area contributed by atoms with E-state index in [9.17, 15) is 5.11 Å². The number of anilines is 1. The molecule has 1 aromatic heterocycles. The van der Waals surface area contributed by atoms with E-state index in [-0.39, 0.29) is 6.10 Å². The smallest absolute Gasteiger partial charge is 0.131 e. The third-order valence-corrected chi connectivity index (χ3v) is 3.16. The molecule has 0 aliphatic heterocycles. The van der Waals surface area contributed by atoms with Crippen molar-refractivity contribution in [1.82, 2.24) is 10.3 Å². The molecule has 1 atom stereocenters. The maximum Gasteiger partial charge on any atom is 0.131 e. The second kappa shape index (κ2) is 8.89. The first-order valence-electron chi connectivity index (χ1n) is 7.09. The second-order valence-corrected chi connectivity index (χ2v) is 5.21. The molecule has 114 valence electrons. The molecule has 0 saturated carbocycles. The van der Waals surface area contributed by atoms with Crippen molar-refractivity contribution in [1.29, 1.82) is 0 Å². The minimum atomic E-state index is -0.276. The van der Waals surface area contributed by atoms with Crippen LogP contribution in [0.1, 0.15) is 24.5 Å². The Kier molecular flexibility index (Phi) is 7.51. The van der Waals surface area contributed by atoms with E-state index < -0.39 is 0 Å². The number of hydrogen-bond acceptors (Lipinski definition) is 5. The van der Waals surface area contributed by atoms with Gasteiger partial charge in [0.1, 0.15) is 5.82 Å². The van der Waals surface area contributed by atoms with Crippen LogP contribution in [0, 0.1) is 6.92 Å². The van der Waals surface area contributed by atoms with Gasteiger partial charge >= 0.3 is 0 Å². The zero-order valence-corrected chi connectivity index (χ0v) is 13.0. The fraction of sp³-hybridized carbons (Fsp3) is 0.667. The van der Waals surface area contributed by atoms with E-state index >= 15 is 0 Å². The molecule has 0 spiro atoms. The lowest BCUT2D eigenvalue weighted by Gasteiger charge is -2.21. The highest BCUT2D eigenvalue weighted by Gasteiger charge is 2.08. The van der Waals surface area contributed by atoms with E-state index in [1.165, 1.54) is 5.56 Å². The summed E-state index contributed by atoms with van der Waals surface area (Å²) in [7, 11) is 3.71. The standard InChI is InChI=1S/C15H27N3O2/c1-12-9-14(10-16-6-8-20-4)11-17-15(12)18(3)7-5-13(2)19/h9,11,13,16,19H,5-8,10H2,1-4H3. The molecule has 0 amide bonds. The second-order valence-electron chi connectivity index (χ2n) is 5.21. The summed E-state index contributed by atoms with van der Waals surface area (Å²) in [6.45, 7) is 7.03. The lowest BCUT2D eigenvalue weighted by atomic mass is 10.2. The maximum absolute atomic E-state index is 9.34. The van der Waals surface area contributed by atoms with Gasteiger partial charge in [-0.1, -0.05) is 0 Å². The number of aromatic nitrogens is 1. The number of hydrogen-bond donors (Lipinski definition) is 2. The van der Waals surface area contributed by atoms with Gasteiger partial charge in [-0.05, 0) is 37.5 Å². The highest BCUT2D eigenvalue weighted by atomic mass is 16.5. The predicted octanol–water partition coefficient (Wildman–Crippen LogP) is 1.33. The minimum Gasteiger partial charge on any atom is -0.393 e. The maximum atomic E-state index is 9.34. The Labute approximate surface area is 122 Å². The third-order valence-electron chi connectivity index (χ3n) is 3.16. The summed E-state index contributed by atoms with van der Waals surface area (Å²) in [5.41, 5.74) is 2.33. The Morgan fingerprint density at radius 3 is 2.85 bits per heavy atom. The molecule has 0 radical (unpaired) electrons. The van der Waals surface area contributed by atoms with Crippen LogP contribution in [0.5, 0.6) is 0 Å². The average Bonchev–Trinajstić information content (AvgIpc) is 2.41. The van der Waals surface area contributed by atoms with Gasteiger partial charge in [-0.3, -0.25) is 0 Å². The lowest BCUT2D eigenvalue weighted by molar-refractivity contribution is 0.187. The molecule has 0 saturated heterocycles. The van der Waals surface area contributed by atoms with Gasteiger partial charge in [-0.25, -0.2) is 4.98 Å². The van der Waals surface area contributed by atoms with Crippen LogP contribution >= 0.6 is 0 Å². The zero-order valence-electron chi connectivity index (χ0n) is 13.0. The van der Waals surface area contributed by atoms with E-state index in [1.54, 1.807) is 7.11 Å². The molecule has 20 heavy (non-hydrogen) atoms. The number of ether oxygens (including phenoxy) is 1. The monoisotopic (exact) mass is 281 g/mol. The summed E-state index contributed by atoms with van der Waals surface area (Å²) < 4.78 is 5.00. The largest absolute Gasteiger partial charge is 0.393 e. The molecule has 0 bridgehead atoms. The van der Waals surface area contributed by atoms with Crippen molar-refractivity contribution in [2.45, 2.75) is 32.9 Å². The van der Waals surface area contributed by atoms with Gasteiger partial charge in [0.2, 0.25) is 0 Å². The fourth-order valence-corrected chi connectivity index (χ4v) is 2.02. The van der Waals surface area contributed by atoms with Crippen LogP contribution in [0.3, 0.4) is 0 Å². The summed E-state index contributed by atoms with van der Waals surface area (Å²) in [6.07, 6.45) is 2.38. The van der Waals surface area contributed by atoms with Gasteiger partial charge in [-0.15, -0.1) is 0 Å². The normalized spacial score (nSPS) is 12.4. The van der Waals surface area contributed by atoms with Crippen molar-refractivity contribution >= 4 is 5.82 Å². The van der Waals surface area contributed by atoms with Crippen LogP contribution in [0.2, 0.25) is 0 Å². The summed E-state index contributed by atoms with van der Waals surface area (Å²) in [5.74, 6) is 0.978. The van der Waals surface area contributed by atoms with E-state index in [4.69, 9.17) is 4.74 Å². The number of rotatable bonds is 9. The first kappa shape index (κ1) is 16.9. The summed E-state index contributed by atoms with van der Waals surface area (Å²) in [4.78, 5) is 6.62. The molecule has 0 aliphatic rings. The van der Waals surface area contributed by atoms with Crippen LogP contribution in [0.15, 0.2) is 12.3 Å². The van der Waals surface area contributed by atoms with Gasteiger partial charge in [0.05, 0.1) is 12.7 Å². The summed E-state index contributed by atoms with van der Waals surface area (Å²) in [6, 6.07) is 2.15. The number of pyridine rings is 1. The SMILES string of the molecule is COCCNCc1cnc(N(C)CCC(C)O)c(C)c1. The Hall–Kier alpha value is -1.17. The molecule has 5 nitrogen and oxygen atoms in total. The van der Waals surface area contributed by atoms with E-state index in [2.05, 4.69) is 28.2 Å². The third kappa shape index (κ3) is 5.86. The first-order valence-corrected chi connectivity index (χ1v) is 7.09. The molecular formula is C15H27N3O2. The van der Waals surface area contributed by atoms with Crippen molar-refractivity contribution in [2.75, 3.05) is 38.8 Å². The highest BCUT2D eigenvalue weighted by Crippen LogP contribution is 2.17. The molecule has 1 rings (SSSR count). The van der Waals surface area contributed by atoms with Gasteiger partial charge in [0.15, 0.2) is 0 Å². The molecular weight excluding hydrogens is 254 g/mol. The molecule has 1 unspecified atom stereocenters. The van der Waals surface area contributed by atoms with E-state index in [1.807, 2.05) is 20.2 Å². The fourth-order valence-electron chi connectivity index (χ4n) is 2.02. The molecule has 0 fully saturated rings. The van der Waals surface area contributed by atoms with Gasteiger partial charge < -0.3 is 20.1 Å². The van der Waals surface area contributed by atoms with Crippen molar-refractivity contribution in [2.24, 2.45) is 0 Å². The summed E-state index contributed by atoms with van der Waals surface area (Å²) in [5, 5.41) is 12.6. The number of methoxy groups -OCH3 is 1. The van der Waals surface area contributed by atoms with Crippen molar-refractivity contribution < 1.29 is 9.84 Å². The van der Waals surface area contributed by atoms with Crippen LogP contribution in [-0.2, 0) is 11.3 Å². The van der Waals surface area contributed by atoms with Crippen LogP contribution in [0.25, 0.3) is 0 Å².